The molecule has 122 valence electrons. The maximum atomic E-state index is 12.4. The number of allylic oxidation sites excluding steroid dienone is 3. The first-order valence-corrected chi connectivity index (χ1v) is 7.44. The van der Waals surface area contributed by atoms with Crippen molar-refractivity contribution < 1.29 is 14.5 Å². The second-order valence-corrected chi connectivity index (χ2v) is 5.44. The van der Waals surface area contributed by atoms with E-state index in [-0.39, 0.29) is 12.3 Å². The van der Waals surface area contributed by atoms with E-state index in [1.54, 1.807) is 20.8 Å². The number of nitro groups is 1. The van der Waals surface area contributed by atoms with Crippen LogP contribution in [0.5, 0.6) is 0 Å². The van der Waals surface area contributed by atoms with E-state index in [9.17, 15) is 14.9 Å². The molecule has 0 saturated heterocycles. The van der Waals surface area contributed by atoms with Gasteiger partial charge >= 0.3 is 5.97 Å². The predicted molar refractivity (Wildman–Crippen MR) is 86.1 cm³/mol. The van der Waals surface area contributed by atoms with Gasteiger partial charge in [-0.05, 0) is 38.8 Å². The molecule has 0 aliphatic carbocycles. The summed E-state index contributed by atoms with van der Waals surface area (Å²) < 4.78 is 5.12. The Kier molecular flexibility index (Phi) is 4.83. The Hall–Kier alpha value is -2.63. The molecular weight excluding hydrogens is 296 g/mol. The number of aryl methyl sites for hydroxylation is 1. The Bertz CT molecular complexity index is 719. The predicted octanol–water partition coefficient (Wildman–Crippen LogP) is 3.03. The molecule has 1 aliphatic heterocycles. The van der Waals surface area contributed by atoms with Crippen LogP contribution in [-0.4, -0.2) is 17.5 Å². The van der Waals surface area contributed by atoms with Crippen molar-refractivity contribution in [1.29, 1.82) is 0 Å². The van der Waals surface area contributed by atoms with Gasteiger partial charge in [-0.25, -0.2) is 4.79 Å². The number of hydrogen-bond donors (Lipinski definition) is 1. The molecule has 1 aliphatic rings. The highest BCUT2D eigenvalue weighted by atomic mass is 16.6. The quantitative estimate of drug-likeness (QED) is 0.524. The Labute approximate surface area is 135 Å². The molecule has 0 aromatic heterocycles. The minimum Gasteiger partial charge on any atom is -0.463 e. The lowest BCUT2D eigenvalue weighted by molar-refractivity contribution is -0.431. The molecule has 23 heavy (non-hydrogen) atoms. The van der Waals surface area contributed by atoms with E-state index in [1.807, 2.05) is 31.2 Å². The minimum absolute atomic E-state index is 0.0204. The molecule has 2 rings (SSSR count). The number of dihydropyridines is 1. The topological polar surface area (TPSA) is 81.5 Å². The Balaban J connectivity index is 2.69. The Morgan fingerprint density at radius 2 is 1.91 bits per heavy atom. The van der Waals surface area contributed by atoms with E-state index in [0.717, 1.165) is 11.1 Å². The summed E-state index contributed by atoms with van der Waals surface area (Å²) in [4.78, 5) is 23.6. The summed E-state index contributed by atoms with van der Waals surface area (Å²) in [6, 6.07) is 7.37. The highest BCUT2D eigenvalue weighted by Crippen LogP contribution is 2.39. The summed E-state index contributed by atoms with van der Waals surface area (Å²) in [7, 11) is 0. The zero-order valence-corrected chi connectivity index (χ0v) is 13.7. The molecule has 1 aromatic rings. The van der Waals surface area contributed by atoms with E-state index in [4.69, 9.17) is 4.74 Å². The summed E-state index contributed by atoms with van der Waals surface area (Å²) in [6.45, 7) is 7.18. The highest BCUT2D eigenvalue weighted by Gasteiger charge is 2.41. The molecule has 1 unspecified atom stereocenters. The molecule has 0 saturated carbocycles. The monoisotopic (exact) mass is 316 g/mol. The van der Waals surface area contributed by atoms with Crippen LogP contribution >= 0.6 is 0 Å². The lowest BCUT2D eigenvalue weighted by Crippen LogP contribution is -2.32. The van der Waals surface area contributed by atoms with Crippen molar-refractivity contribution >= 4 is 5.97 Å². The summed E-state index contributed by atoms with van der Waals surface area (Å²) >= 11 is 0. The number of hydrogen-bond acceptors (Lipinski definition) is 5. The molecule has 6 nitrogen and oxygen atoms in total. The molecular formula is C17H20N2O4. The number of ether oxygens (including phenoxy) is 1. The van der Waals surface area contributed by atoms with E-state index < -0.39 is 16.8 Å². The van der Waals surface area contributed by atoms with Gasteiger partial charge in [0.25, 0.3) is 5.70 Å². The fraction of sp³-hybridized carbons (Fsp3) is 0.353. The van der Waals surface area contributed by atoms with Crippen LogP contribution in [0.3, 0.4) is 0 Å². The van der Waals surface area contributed by atoms with Gasteiger partial charge in [0.2, 0.25) is 0 Å². The lowest BCUT2D eigenvalue weighted by Gasteiger charge is -2.27. The van der Waals surface area contributed by atoms with Crippen LogP contribution in [0.1, 0.15) is 37.8 Å². The van der Waals surface area contributed by atoms with Crippen molar-refractivity contribution in [3.63, 3.8) is 0 Å². The maximum Gasteiger partial charge on any atom is 0.336 e. The average molecular weight is 316 g/mol. The molecule has 0 bridgehead atoms. The maximum absolute atomic E-state index is 12.4. The standard InChI is InChI=1S/C17H20N2O4/c1-5-23-17(20)14-11(3)18-12(4)16(19(21)22)15(14)13-9-7-6-8-10(13)2/h6-9,15,18H,5H2,1-4H3. The fourth-order valence-corrected chi connectivity index (χ4v) is 2.92. The third-order valence-electron chi connectivity index (χ3n) is 3.92. The number of rotatable bonds is 4. The van der Waals surface area contributed by atoms with Crippen LogP contribution < -0.4 is 5.32 Å². The van der Waals surface area contributed by atoms with E-state index in [1.165, 1.54) is 0 Å². The average Bonchev–Trinajstić information content (AvgIpc) is 2.46. The smallest absolute Gasteiger partial charge is 0.336 e. The molecule has 0 spiro atoms. The van der Waals surface area contributed by atoms with Gasteiger partial charge in [-0.15, -0.1) is 0 Å². The van der Waals surface area contributed by atoms with E-state index in [0.29, 0.717) is 17.0 Å². The van der Waals surface area contributed by atoms with Crippen LogP contribution in [0.2, 0.25) is 0 Å². The van der Waals surface area contributed by atoms with Crippen LogP contribution in [0, 0.1) is 17.0 Å². The SMILES string of the molecule is CCOC(=O)C1=C(C)NC(C)=C([N+](=O)[O-])C1c1ccccc1C. The second-order valence-electron chi connectivity index (χ2n) is 5.44. The molecule has 0 radical (unpaired) electrons. The van der Waals surface area contributed by atoms with Gasteiger partial charge in [-0.1, -0.05) is 24.3 Å². The summed E-state index contributed by atoms with van der Waals surface area (Å²) in [6.07, 6.45) is 0. The third kappa shape index (κ3) is 3.11. The van der Waals surface area contributed by atoms with Crippen molar-refractivity contribution in [3.8, 4) is 0 Å². The number of benzene rings is 1. The fourth-order valence-electron chi connectivity index (χ4n) is 2.92. The van der Waals surface area contributed by atoms with Gasteiger partial charge in [0, 0.05) is 5.70 Å². The van der Waals surface area contributed by atoms with Crippen molar-refractivity contribution in [3.05, 3.63) is 68.2 Å². The zero-order valence-electron chi connectivity index (χ0n) is 13.7. The molecule has 1 heterocycles. The van der Waals surface area contributed by atoms with Gasteiger partial charge in [-0.3, -0.25) is 10.1 Å². The molecule has 1 N–H and O–H groups in total. The first-order chi connectivity index (χ1) is 10.9. The van der Waals surface area contributed by atoms with Crippen LogP contribution in [0.15, 0.2) is 46.9 Å². The number of esters is 1. The van der Waals surface area contributed by atoms with Gasteiger partial charge in [0.05, 0.1) is 22.8 Å². The van der Waals surface area contributed by atoms with Crippen molar-refractivity contribution in [2.24, 2.45) is 0 Å². The normalized spacial score (nSPS) is 17.8. The summed E-state index contributed by atoms with van der Waals surface area (Å²) in [5.41, 5.74) is 2.92. The Morgan fingerprint density at radius 3 is 2.48 bits per heavy atom. The van der Waals surface area contributed by atoms with Crippen molar-refractivity contribution in [2.45, 2.75) is 33.6 Å². The number of carbonyl (C=O) groups excluding carboxylic acids is 1. The van der Waals surface area contributed by atoms with Crippen LogP contribution in [0.4, 0.5) is 0 Å². The zero-order chi connectivity index (χ0) is 17.1. The van der Waals surface area contributed by atoms with Gasteiger partial charge < -0.3 is 10.1 Å². The lowest BCUT2D eigenvalue weighted by atomic mass is 9.82. The third-order valence-corrected chi connectivity index (χ3v) is 3.92. The largest absolute Gasteiger partial charge is 0.463 e. The van der Waals surface area contributed by atoms with Crippen LogP contribution in [0.25, 0.3) is 0 Å². The molecule has 1 aromatic carbocycles. The van der Waals surface area contributed by atoms with Gasteiger partial charge in [-0.2, -0.15) is 0 Å². The molecule has 0 amide bonds. The first kappa shape index (κ1) is 16.7. The van der Waals surface area contributed by atoms with Crippen molar-refractivity contribution in [1.82, 2.24) is 5.32 Å². The summed E-state index contributed by atoms with van der Waals surface area (Å²) in [5.74, 6) is -1.27. The minimum atomic E-state index is -0.744. The van der Waals surface area contributed by atoms with Gasteiger partial charge in [0.15, 0.2) is 0 Å². The molecule has 1 atom stereocenters. The first-order valence-electron chi connectivity index (χ1n) is 7.44. The van der Waals surface area contributed by atoms with E-state index >= 15 is 0 Å². The molecule has 6 heteroatoms. The number of nitrogens with zero attached hydrogens (tertiary/aromatic N) is 1. The van der Waals surface area contributed by atoms with Gasteiger partial charge in [0.1, 0.15) is 5.92 Å². The highest BCUT2D eigenvalue weighted by molar-refractivity contribution is 5.92. The van der Waals surface area contributed by atoms with E-state index in [2.05, 4.69) is 5.32 Å². The van der Waals surface area contributed by atoms with Crippen LogP contribution in [-0.2, 0) is 9.53 Å². The second kappa shape index (κ2) is 6.64. The number of carbonyl (C=O) groups is 1. The summed E-state index contributed by atoms with van der Waals surface area (Å²) in [5, 5.41) is 14.6. The molecule has 0 fully saturated rings. The number of nitrogens with one attached hydrogen (secondary N) is 1. The Morgan fingerprint density at radius 1 is 1.26 bits per heavy atom. The van der Waals surface area contributed by atoms with Crippen molar-refractivity contribution in [2.75, 3.05) is 6.61 Å².